The molecule has 0 aromatic heterocycles. The van der Waals surface area contributed by atoms with Crippen LogP contribution in [0.25, 0.3) is 0 Å². The van der Waals surface area contributed by atoms with Gasteiger partial charge in [0, 0.05) is 13.1 Å². The van der Waals surface area contributed by atoms with E-state index in [0.717, 1.165) is 0 Å². The summed E-state index contributed by atoms with van der Waals surface area (Å²) in [7, 11) is 0. The Morgan fingerprint density at radius 1 is 1.33 bits per heavy atom. The first kappa shape index (κ1) is 15.3. The molecule has 1 rings (SSSR count). The predicted octanol–water partition coefficient (Wildman–Crippen LogP) is 2.16. The van der Waals surface area contributed by atoms with Gasteiger partial charge < -0.3 is 10.6 Å². The SMILES string of the molecule is CC(C)(C)C(N)C(=O)N1CCCC(C(F)(F)F)C1. The molecule has 0 aliphatic carbocycles. The normalized spacial score (nSPS) is 23.9. The molecule has 0 aromatic rings. The van der Waals surface area contributed by atoms with Crippen molar-refractivity contribution in [2.45, 2.75) is 45.8 Å². The number of carbonyl (C=O) groups excluding carboxylic acids is 1. The lowest BCUT2D eigenvalue weighted by Crippen LogP contribution is -2.54. The van der Waals surface area contributed by atoms with Crippen LogP contribution in [0, 0.1) is 11.3 Å². The van der Waals surface area contributed by atoms with Gasteiger partial charge in [-0.05, 0) is 18.3 Å². The number of halogens is 3. The molecule has 6 heteroatoms. The molecule has 0 saturated carbocycles. The number of nitrogens with two attached hydrogens (primary N) is 1. The molecule has 106 valence electrons. The Balaban J connectivity index is 2.70. The van der Waals surface area contributed by atoms with Gasteiger partial charge in [0.15, 0.2) is 0 Å². The van der Waals surface area contributed by atoms with Crippen LogP contribution in [0.3, 0.4) is 0 Å². The van der Waals surface area contributed by atoms with E-state index in [4.69, 9.17) is 5.73 Å². The molecule has 2 atom stereocenters. The minimum absolute atomic E-state index is 0.0953. The Labute approximate surface area is 106 Å². The van der Waals surface area contributed by atoms with Crippen LogP contribution in [0.1, 0.15) is 33.6 Å². The highest BCUT2D eigenvalue weighted by molar-refractivity contribution is 5.82. The summed E-state index contributed by atoms with van der Waals surface area (Å²) >= 11 is 0. The largest absolute Gasteiger partial charge is 0.393 e. The molecule has 0 radical (unpaired) electrons. The highest BCUT2D eigenvalue weighted by atomic mass is 19.4. The average Bonchev–Trinajstić information content (AvgIpc) is 2.25. The molecule has 2 N–H and O–H groups in total. The van der Waals surface area contributed by atoms with Crippen molar-refractivity contribution in [3.63, 3.8) is 0 Å². The molecule has 1 heterocycles. The Morgan fingerprint density at radius 2 is 1.89 bits per heavy atom. The van der Waals surface area contributed by atoms with Gasteiger partial charge in [0.05, 0.1) is 12.0 Å². The first-order valence-electron chi connectivity index (χ1n) is 6.14. The van der Waals surface area contributed by atoms with Gasteiger partial charge in [-0.1, -0.05) is 20.8 Å². The van der Waals surface area contributed by atoms with Crippen LogP contribution in [-0.4, -0.2) is 36.1 Å². The van der Waals surface area contributed by atoms with Crippen molar-refractivity contribution in [2.24, 2.45) is 17.1 Å². The van der Waals surface area contributed by atoms with E-state index in [9.17, 15) is 18.0 Å². The molecule has 0 bridgehead atoms. The maximum absolute atomic E-state index is 12.6. The standard InChI is InChI=1S/C12H21F3N2O/c1-11(2,3)9(16)10(18)17-6-4-5-8(7-17)12(13,14)15/h8-9H,4-7,16H2,1-3H3. The summed E-state index contributed by atoms with van der Waals surface area (Å²) < 4.78 is 37.9. The molecule has 18 heavy (non-hydrogen) atoms. The molecule has 2 unspecified atom stereocenters. The first-order chi connectivity index (χ1) is 8.03. The fraction of sp³-hybridized carbons (Fsp3) is 0.917. The van der Waals surface area contributed by atoms with Gasteiger partial charge in [0.25, 0.3) is 0 Å². The average molecular weight is 266 g/mol. The van der Waals surface area contributed by atoms with Crippen LogP contribution < -0.4 is 5.73 Å². The topological polar surface area (TPSA) is 46.3 Å². The van der Waals surface area contributed by atoms with E-state index in [1.54, 1.807) is 20.8 Å². The summed E-state index contributed by atoms with van der Waals surface area (Å²) in [5.41, 5.74) is 5.36. The van der Waals surface area contributed by atoms with Crippen molar-refractivity contribution in [1.29, 1.82) is 0 Å². The maximum Gasteiger partial charge on any atom is 0.393 e. The lowest BCUT2D eigenvalue weighted by Gasteiger charge is -2.37. The predicted molar refractivity (Wildman–Crippen MR) is 62.8 cm³/mol. The van der Waals surface area contributed by atoms with Crippen LogP contribution in [0.5, 0.6) is 0 Å². The fourth-order valence-corrected chi connectivity index (χ4v) is 2.01. The summed E-state index contributed by atoms with van der Waals surface area (Å²) in [5.74, 6) is -1.79. The van der Waals surface area contributed by atoms with Crippen LogP contribution in [0.15, 0.2) is 0 Å². The molecule has 1 aliphatic heterocycles. The number of carbonyl (C=O) groups is 1. The highest BCUT2D eigenvalue weighted by Gasteiger charge is 2.43. The van der Waals surface area contributed by atoms with E-state index in [1.165, 1.54) is 4.90 Å². The van der Waals surface area contributed by atoms with Crippen LogP contribution in [0.4, 0.5) is 13.2 Å². The van der Waals surface area contributed by atoms with Gasteiger partial charge in [0.2, 0.25) is 5.91 Å². The zero-order valence-corrected chi connectivity index (χ0v) is 11.0. The number of amides is 1. The molecule has 3 nitrogen and oxygen atoms in total. The lowest BCUT2D eigenvalue weighted by atomic mass is 9.85. The summed E-state index contributed by atoms with van der Waals surface area (Å²) in [6.07, 6.45) is -3.75. The zero-order valence-electron chi connectivity index (χ0n) is 11.0. The summed E-state index contributed by atoms with van der Waals surface area (Å²) in [4.78, 5) is 13.3. The molecule has 1 fully saturated rings. The van der Waals surface area contributed by atoms with Crippen LogP contribution in [0.2, 0.25) is 0 Å². The monoisotopic (exact) mass is 266 g/mol. The van der Waals surface area contributed by atoms with Crippen molar-refractivity contribution >= 4 is 5.91 Å². The van der Waals surface area contributed by atoms with Crippen molar-refractivity contribution in [3.8, 4) is 0 Å². The van der Waals surface area contributed by atoms with Crippen molar-refractivity contribution < 1.29 is 18.0 Å². The fourth-order valence-electron chi connectivity index (χ4n) is 2.01. The lowest BCUT2D eigenvalue weighted by molar-refractivity contribution is -0.188. The molecular weight excluding hydrogens is 245 g/mol. The number of likely N-dealkylation sites (tertiary alicyclic amines) is 1. The van der Waals surface area contributed by atoms with Crippen molar-refractivity contribution in [1.82, 2.24) is 4.90 Å². The highest BCUT2D eigenvalue weighted by Crippen LogP contribution is 2.33. The van der Waals surface area contributed by atoms with Gasteiger partial charge in [-0.2, -0.15) is 13.2 Å². The van der Waals surface area contributed by atoms with Gasteiger partial charge in [-0.15, -0.1) is 0 Å². The van der Waals surface area contributed by atoms with Gasteiger partial charge in [-0.25, -0.2) is 0 Å². The minimum atomic E-state index is -4.23. The van der Waals surface area contributed by atoms with E-state index in [-0.39, 0.29) is 18.9 Å². The third-order valence-corrected chi connectivity index (χ3v) is 3.40. The van der Waals surface area contributed by atoms with E-state index < -0.39 is 23.6 Å². The smallest absolute Gasteiger partial charge is 0.341 e. The van der Waals surface area contributed by atoms with E-state index >= 15 is 0 Å². The zero-order chi connectivity index (χ0) is 14.1. The maximum atomic E-state index is 12.6. The second-order valence-electron chi connectivity index (χ2n) is 6.01. The minimum Gasteiger partial charge on any atom is -0.341 e. The number of nitrogens with zero attached hydrogens (tertiary/aromatic N) is 1. The van der Waals surface area contributed by atoms with Gasteiger partial charge in [-0.3, -0.25) is 4.79 Å². The Morgan fingerprint density at radius 3 is 2.33 bits per heavy atom. The Bertz CT molecular complexity index is 309. The van der Waals surface area contributed by atoms with Crippen LogP contribution in [-0.2, 0) is 4.79 Å². The molecular formula is C12H21F3N2O. The number of rotatable bonds is 1. The molecule has 1 aliphatic rings. The van der Waals surface area contributed by atoms with Gasteiger partial charge >= 0.3 is 6.18 Å². The third-order valence-electron chi connectivity index (χ3n) is 3.40. The Hall–Kier alpha value is -0.780. The first-order valence-corrected chi connectivity index (χ1v) is 6.14. The second-order valence-corrected chi connectivity index (χ2v) is 6.01. The van der Waals surface area contributed by atoms with Crippen LogP contribution >= 0.6 is 0 Å². The van der Waals surface area contributed by atoms with E-state index in [2.05, 4.69) is 0 Å². The van der Waals surface area contributed by atoms with Crippen molar-refractivity contribution in [3.05, 3.63) is 0 Å². The molecule has 1 amide bonds. The van der Waals surface area contributed by atoms with E-state index in [0.29, 0.717) is 13.0 Å². The Kier molecular flexibility index (Phi) is 4.30. The summed E-state index contributed by atoms with van der Waals surface area (Å²) in [5, 5.41) is 0. The third kappa shape index (κ3) is 3.60. The quantitative estimate of drug-likeness (QED) is 0.790. The number of alkyl halides is 3. The number of hydrogen-bond acceptors (Lipinski definition) is 2. The van der Waals surface area contributed by atoms with Gasteiger partial charge in [0.1, 0.15) is 0 Å². The number of hydrogen-bond donors (Lipinski definition) is 1. The molecule has 0 spiro atoms. The molecule has 1 saturated heterocycles. The number of piperidine rings is 1. The van der Waals surface area contributed by atoms with Crippen molar-refractivity contribution in [2.75, 3.05) is 13.1 Å². The summed E-state index contributed by atoms with van der Waals surface area (Å²) in [6, 6.07) is -0.760. The second kappa shape index (κ2) is 5.07. The molecule has 0 aromatic carbocycles. The summed E-state index contributed by atoms with van der Waals surface area (Å²) in [6.45, 7) is 5.53. The van der Waals surface area contributed by atoms with E-state index in [1.807, 2.05) is 0 Å².